The first-order valence-electron chi connectivity index (χ1n) is 7.75. The minimum absolute atomic E-state index is 0.124. The SMILES string of the molecule is Cc1ccc(C(O)C2CCOC3(CCOCC3)C2)cc1F. The van der Waals surface area contributed by atoms with Crippen LogP contribution in [0.4, 0.5) is 4.39 Å². The molecule has 1 aromatic rings. The van der Waals surface area contributed by atoms with Gasteiger partial charge in [-0.2, -0.15) is 0 Å². The summed E-state index contributed by atoms with van der Waals surface area (Å²) in [6.07, 6.45) is 2.80. The average Bonchev–Trinajstić information content (AvgIpc) is 2.50. The lowest BCUT2D eigenvalue weighted by Crippen LogP contribution is -2.45. The van der Waals surface area contributed by atoms with E-state index in [-0.39, 0.29) is 17.3 Å². The number of aliphatic hydroxyl groups is 1. The van der Waals surface area contributed by atoms with Crippen molar-refractivity contribution in [2.24, 2.45) is 5.92 Å². The van der Waals surface area contributed by atoms with E-state index in [0.717, 1.165) is 38.9 Å². The van der Waals surface area contributed by atoms with Crippen LogP contribution < -0.4 is 0 Å². The highest BCUT2D eigenvalue weighted by Gasteiger charge is 2.41. The van der Waals surface area contributed by atoms with Crippen molar-refractivity contribution in [2.75, 3.05) is 19.8 Å². The number of ether oxygens (including phenoxy) is 2. The molecule has 2 fully saturated rings. The molecule has 0 amide bonds. The van der Waals surface area contributed by atoms with Crippen molar-refractivity contribution in [2.45, 2.75) is 44.3 Å². The molecule has 2 aliphatic rings. The lowest BCUT2D eigenvalue weighted by Gasteiger charge is -2.44. The highest BCUT2D eigenvalue weighted by Crippen LogP contribution is 2.41. The van der Waals surface area contributed by atoms with E-state index in [2.05, 4.69) is 0 Å². The molecule has 1 N–H and O–H groups in total. The number of aliphatic hydroxyl groups excluding tert-OH is 1. The zero-order valence-corrected chi connectivity index (χ0v) is 12.5. The van der Waals surface area contributed by atoms with Crippen LogP contribution in [0.5, 0.6) is 0 Å². The van der Waals surface area contributed by atoms with Crippen molar-refractivity contribution in [1.29, 1.82) is 0 Å². The van der Waals surface area contributed by atoms with Crippen LogP contribution in [0.15, 0.2) is 18.2 Å². The summed E-state index contributed by atoms with van der Waals surface area (Å²) in [4.78, 5) is 0. The fourth-order valence-corrected chi connectivity index (χ4v) is 3.49. The van der Waals surface area contributed by atoms with Crippen LogP contribution in [0.1, 0.15) is 42.9 Å². The molecule has 3 nitrogen and oxygen atoms in total. The van der Waals surface area contributed by atoms with Gasteiger partial charge in [0, 0.05) is 19.8 Å². The first-order chi connectivity index (χ1) is 10.1. The van der Waals surface area contributed by atoms with Crippen molar-refractivity contribution >= 4 is 0 Å². The number of hydrogen-bond acceptors (Lipinski definition) is 3. The maximum atomic E-state index is 13.7. The van der Waals surface area contributed by atoms with Crippen LogP contribution in [-0.4, -0.2) is 30.5 Å². The molecule has 3 rings (SSSR count). The minimum Gasteiger partial charge on any atom is -0.388 e. The van der Waals surface area contributed by atoms with Crippen molar-refractivity contribution < 1.29 is 19.0 Å². The summed E-state index contributed by atoms with van der Waals surface area (Å²) >= 11 is 0. The summed E-state index contributed by atoms with van der Waals surface area (Å²) in [5.74, 6) is -0.127. The van der Waals surface area contributed by atoms with Crippen molar-refractivity contribution in [1.82, 2.24) is 0 Å². The van der Waals surface area contributed by atoms with Gasteiger partial charge in [-0.05, 0) is 55.7 Å². The molecule has 2 atom stereocenters. The van der Waals surface area contributed by atoms with Crippen LogP contribution >= 0.6 is 0 Å². The van der Waals surface area contributed by atoms with E-state index in [1.807, 2.05) is 6.07 Å². The second-order valence-corrected chi connectivity index (χ2v) is 6.35. The van der Waals surface area contributed by atoms with Gasteiger partial charge in [-0.25, -0.2) is 4.39 Å². The van der Waals surface area contributed by atoms with E-state index < -0.39 is 6.10 Å². The number of rotatable bonds is 2. The van der Waals surface area contributed by atoms with Crippen LogP contribution in [0.25, 0.3) is 0 Å². The summed E-state index contributed by atoms with van der Waals surface area (Å²) in [6.45, 7) is 3.84. The standard InChI is InChI=1S/C17H23FO3/c1-12-2-3-13(10-15(12)18)16(19)14-4-7-21-17(11-14)5-8-20-9-6-17/h2-3,10,14,16,19H,4-9,11H2,1H3. The molecule has 0 aliphatic carbocycles. The Kier molecular flexibility index (Phi) is 4.29. The maximum Gasteiger partial charge on any atom is 0.126 e. The normalized spacial score (nSPS) is 26.7. The summed E-state index contributed by atoms with van der Waals surface area (Å²) in [5.41, 5.74) is 1.14. The maximum absolute atomic E-state index is 13.7. The van der Waals surface area contributed by atoms with Crippen molar-refractivity contribution in [3.63, 3.8) is 0 Å². The van der Waals surface area contributed by atoms with Crippen LogP contribution in [0.3, 0.4) is 0 Å². The quantitative estimate of drug-likeness (QED) is 0.910. The highest BCUT2D eigenvalue weighted by atomic mass is 19.1. The second-order valence-electron chi connectivity index (χ2n) is 6.35. The van der Waals surface area contributed by atoms with E-state index >= 15 is 0 Å². The third kappa shape index (κ3) is 3.12. The Morgan fingerprint density at radius 2 is 2.05 bits per heavy atom. The predicted molar refractivity (Wildman–Crippen MR) is 77.6 cm³/mol. The molecule has 0 saturated carbocycles. The van der Waals surface area contributed by atoms with Gasteiger partial charge in [0.05, 0.1) is 11.7 Å². The first kappa shape index (κ1) is 14.9. The fraction of sp³-hybridized carbons (Fsp3) is 0.647. The highest BCUT2D eigenvalue weighted by molar-refractivity contribution is 5.25. The zero-order valence-electron chi connectivity index (χ0n) is 12.5. The Morgan fingerprint density at radius 3 is 2.76 bits per heavy atom. The van der Waals surface area contributed by atoms with E-state index in [4.69, 9.17) is 9.47 Å². The molecule has 2 heterocycles. The van der Waals surface area contributed by atoms with Crippen molar-refractivity contribution in [3.8, 4) is 0 Å². The van der Waals surface area contributed by atoms with Crippen LogP contribution in [0.2, 0.25) is 0 Å². The molecule has 2 aliphatic heterocycles. The number of halogens is 1. The molecular formula is C17H23FO3. The minimum atomic E-state index is -0.622. The summed E-state index contributed by atoms with van der Waals surface area (Å²) in [6, 6.07) is 5.03. The smallest absolute Gasteiger partial charge is 0.126 e. The lowest BCUT2D eigenvalue weighted by molar-refractivity contribution is -0.159. The van der Waals surface area contributed by atoms with Gasteiger partial charge in [-0.15, -0.1) is 0 Å². The van der Waals surface area contributed by atoms with E-state index in [0.29, 0.717) is 17.7 Å². The van der Waals surface area contributed by atoms with Gasteiger partial charge >= 0.3 is 0 Å². The molecule has 4 heteroatoms. The molecule has 0 aromatic heterocycles. The molecule has 2 unspecified atom stereocenters. The Hall–Kier alpha value is -0.970. The Balaban J connectivity index is 1.74. The fourth-order valence-electron chi connectivity index (χ4n) is 3.49. The largest absolute Gasteiger partial charge is 0.388 e. The molecule has 0 bridgehead atoms. The van der Waals surface area contributed by atoms with Gasteiger partial charge in [-0.1, -0.05) is 12.1 Å². The summed E-state index contributed by atoms with van der Waals surface area (Å²) < 4.78 is 25.1. The topological polar surface area (TPSA) is 38.7 Å². The monoisotopic (exact) mass is 294 g/mol. The number of aryl methyl sites for hydroxylation is 1. The number of hydrogen-bond donors (Lipinski definition) is 1. The molecule has 21 heavy (non-hydrogen) atoms. The summed E-state index contributed by atoms with van der Waals surface area (Å²) in [7, 11) is 0. The van der Waals surface area contributed by atoms with Gasteiger partial charge in [0.1, 0.15) is 5.82 Å². The van der Waals surface area contributed by atoms with Gasteiger partial charge < -0.3 is 14.6 Å². The third-order valence-electron chi connectivity index (χ3n) is 4.92. The molecule has 2 saturated heterocycles. The predicted octanol–water partition coefficient (Wildman–Crippen LogP) is 3.14. The van der Waals surface area contributed by atoms with E-state index in [1.165, 1.54) is 6.07 Å². The molecular weight excluding hydrogens is 271 g/mol. The Morgan fingerprint density at radius 1 is 1.29 bits per heavy atom. The zero-order chi connectivity index (χ0) is 14.9. The third-order valence-corrected chi connectivity index (χ3v) is 4.92. The lowest BCUT2D eigenvalue weighted by atomic mass is 9.77. The van der Waals surface area contributed by atoms with Crippen LogP contribution in [0, 0.1) is 18.7 Å². The Labute approximate surface area is 125 Å². The van der Waals surface area contributed by atoms with Gasteiger partial charge in [0.2, 0.25) is 0 Å². The molecule has 1 aromatic carbocycles. The second kappa shape index (κ2) is 6.03. The van der Waals surface area contributed by atoms with E-state index in [9.17, 15) is 9.50 Å². The van der Waals surface area contributed by atoms with Gasteiger partial charge in [0.15, 0.2) is 0 Å². The van der Waals surface area contributed by atoms with Gasteiger partial charge in [0.25, 0.3) is 0 Å². The van der Waals surface area contributed by atoms with Crippen LogP contribution in [-0.2, 0) is 9.47 Å². The van der Waals surface area contributed by atoms with E-state index in [1.54, 1.807) is 13.0 Å². The first-order valence-corrected chi connectivity index (χ1v) is 7.75. The summed E-state index contributed by atoms with van der Waals surface area (Å²) in [5, 5.41) is 10.6. The van der Waals surface area contributed by atoms with Gasteiger partial charge in [-0.3, -0.25) is 0 Å². The average molecular weight is 294 g/mol. The molecule has 0 radical (unpaired) electrons. The Bertz CT molecular complexity index is 491. The molecule has 1 spiro atoms. The van der Waals surface area contributed by atoms with Crippen molar-refractivity contribution in [3.05, 3.63) is 35.1 Å². The molecule has 116 valence electrons. The number of benzene rings is 1.